The van der Waals surface area contributed by atoms with Gasteiger partial charge in [0.25, 0.3) is 0 Å². The van der Waals surface area contributed by atoms with E-state index in [2.05, 4.69) is 10.6 Å². The van der Waals surface area contributed by atoms with Crippen LogP contribution in [0.4, 0.5) is 4.39 Å². The second-order valence-electron chi connectivity index (χ2n) is 13.1. The molecule has 45 heavy (non-hydrogen) atoms. The van der Waals surface area contributed by atoms with Gasteiger partial charge in [0.15, 0.2) is 11.9 Å². The van der Waals surface area contributed by atoms with Crippen LogP contribution in [0.1, 0.15) is 38.8 Å². The van der Waals surface area contributed by atoms with Gasteiger partial charge in [0.1, 0.15) is 18.0 Å². The number of nitrogens with one attached hydrogen (secondary N) is 2. The average Bonchev–Trinajstić information content (AvgIpc) is 3.35. The number of piperazine rings is 1. The summed E-state index contributed by atoms with van der Waals surface area (Å²) in [7, 11) is 1.66. The van der Waals surface area contributed by atoms with Crippen molar-refractivity contribution in [3.8, 4) is 0 Å². The molecule has 2 saturated heterocycles. The van der Waals surface area contributed by atoms with E-state index in [-0.39, 0.29) is 56.0 Å². The highest BCUT2D eigenvalue weighted by molar-refractivity contribution is 5.93. The lowest BCUT2D eigenvalue weighted by Gasteiger charge is -2.52. The number of hydrogen-bond donors (Lipinski definition) is 2. The summed E-state index contributed by atoms with van der Waals surface area (Å²) >= 11 is 0. The van der Waals surface area contributed by atoms with Crippen molar-refractivity contribution in [1.82, 2.24) is 25.3 Å². The molecule has 0 radical (unpaired) electrons. The first-order valence-electron chi connectivity index (χ1n) is 15.4. The number of amides is 3. The number of likely N-dealkylation sites (N-methyl/N-ethyl adjacent to an activating group) is 1. The minimum absolute atomic E-state index is 0.108. The first-order chi connectivity index (χ1) is 21.4. The number of nitrogens with zero attached hydrogens (tertiary/aromatic N) is 3. The van der Waals surface area contributed by atoms with E-state index in [4.69, 9.17) is 0 Å². The van der Waals surface area contributed by atoms with E-state index in [1.807, 2.05) is 63.2 Å². The molecule has 5 rings (SSSR count). The molecule has 0 saturated carbocycles. The standard InChI is InChI=1S/C35H42FN5O4/c1-23(37-5)32(44)38-35(22-42,34(2,3)4)40-21-31(43)41-29(19-24-14-15-25-10-6-7-12-27(25)18-24)33(45)39(20-30(40)41)17-16-26-11-8-9-13-28(26)36/h6-15,18,22-23,29-30,37H,16-17,19-21H2,1-5H3,(H,38,44)/t23-,29-,30+,35+/m0/s1. The van der Waals surface area contributed by atoms with Crippen LogP contribution in [-0.2, 0) is 32.0 Å². The van der Waals surface area contributed by atoms with Gasteiger partial charge in [-0.25, -0.2) is 9.29 Å². The third kappa shape index (κ3) is 6.09. The quantitative estimate of drug-likeness (QED) is 0.340. The van der Waals surface area contributed by atoms with Gasteiger partial charge in [-0.1, -0.05) is 81.4 Å². The van der Waals surface area contributed by atoms with Crippen LogP contribution in [0.2, 0.25) is 0 Å². The van der Waals surface area contributed by atoms with Gasteiger partial charge in [-0.3, -0.25) is 19.2 Å². The zero-order valence-electron chi connectivity index (χ0n) is 26.5. The van der Waals surface area contributed by atoms with E-state index in [0.717, 1.165) is 16.3 Å². The van der Waals surface area contributed by atoms with E-state index < -0.39 is 29.3 Å². The van der Waals surface area contributed by atoms with Crippen molar-refractivity contribution < 1.29 is 23.6 Å². The number of benzene rings is 3. The Bertz CT molecular complexity index is 1610. The Morgan fingerprint density at radius 1 is 1.04 bits per heavy atom. The molecular weight excluding hydrogens is 573 g/mol. The minimum atomic E-state index is -1.56. The molecule has 2 aliphatic heterocycles. The van der Waals surface area contributed by atoms with Crippen LogP contribution < -0.4 is 10.6 Å². The molecule has 0 aromatic heterocycles. The second kappa shape index (κ2) is 12.7. The lowest BCUT2D eigenvalue weighted by atomic mass is 9.79. The average molecular weight is 616 g/mol. The summed E-state index contributed by atoms with van der Waals surface area (Å²) in [6.07, 6.45) is 0.567. The fraction of sp³-hybridized carbons (Fsp3) is 0.429. The zero-order valence-corrected chi connectivity index (χ0v) is 26.5. The first kappa shape index (κ1) is 32.2. The topological polar surface area (TPSA) is 102 Å². The molecular formula is C35H42FN5O4. The maximum Gasteiger partial charge on any atom is 0.245 e. The molecule has 3 amide bonds. The monoisotopic (exact) mass is 615 g/mol. The predicted octanol–water partition coefficient (Wildman–Crippen LogP) is 3.11. The summed E-state index contributed by atoms with van der Waals surface area (Å²) in [6, 6.07) is 19.0. The molecule has 10 heteroatoms. The van der Waals surface area contributed by atoms with Crippen LogP contribution >= 0.6 is 0 Å². The zero-order chi connectivity index (χ0) is 32.5. The maximum atomic E-state index is 14.6. The lowest BCUT2D eigenvalue weighted by Crippen LogP contribution is -2.74. The molecule has 2 N–H and O–H groups in total. The highest BCUT2D eigenvalue weighted by Gasteiger charge is 2.59. The summed E-state index contributed by atoms with van der Waals surface area (Å²) in [5.74, 6) is -1.25. The Labute approximate surface area is 263 Å². The third-order valence-corrected chi connectivity index (χ3v) is 9.35. The van der Waals surface area contributed by atoms with Crippen molar-refractivity contribution in [1.29, 1.82) is 0 Å². The maximum absolute atomic E-state index is 14.6. The van der Waals surface area contributed by atoms with Crippen molar-refractivity contribution in [3.05, 3.63) is 83.7 Å². The van der Waals surface area contributed by atoms with Gasteiger partial charge in [0.2, 0.25) is 17.7 Å². The van der Waals surface area contributed by atoms with E-state index >= 15 is 0 Å². The highest BCUT2D eigenvalue weighted by Crippen LogP contribution is 2.39. The largest absolute Gasteiger partial charge is 0.337 e. The van der Waals surface area contributed by atoms with E-state index in [9.17, 15) is 23.6 Å². The Morgan fingerprint density at radius 2 is 1.73 bits per heavy atom. The number of fused-ring (bicyclic) bond motifs is 2. The van der Waals surface area contributed by atoms with Crippen LogP contribution in [0.3, 0.4) is 0 Å². The SMILES string of the molecule is CN[C@@H](C)C(=O)N[C@](C=O)(N1CC(=O)N2[C@@H](Cc3ccc4ccccc4c3)C(=O)N(CCc3ccccc3F)C[C@@H]21)C(C)(C)C. The summed E-state index contributed by atoms with van der Waals surface area (Å²) in [5, 5.41) is 7.96. The van der Waals surface area contributed by atoms with Crippen molar-refractivity contribution in [2.75, 3.05) is 26.7 Å². The molecule has 2 heterocycles. The summed E-state index contributed by atoms with van der Waals surface area (Å²) in [6.45, 7) is 7.40. The summed E-state index contributed by atoms with van der Waals surface area (Å²) in [4.78, 5) is 59.5. The Morgan fingerprint density at radius 3 is 2.40 bits per heavy atom. The molecule has 0 unspecified atom stereocenters. The molecule has 2 aliphatic rings. The normalized spacial score (nSPS) is 21.0. The number of aldehydes is 1. The van der Waals surface area contributed by atoms with Crippen LogP contribution in [0.25, 0.3) is 10.8 Å². The molecule has 238 valence electrons. The first-order valence-corrected chi connectivity index (χ1v) is 15.4. The smallest absolute Gasteiger partial charge is 0.245 e. The predicted molar refractivity (Wildman–Crippen MR) is 170 cm³/mol. The summed E-state index contributed by atoms with van der Waals surface area (Å²) in [5.41, 5.74) is -1.01. The van der Waals surface area contributed by atoms with Gasteiger partial charge in [0.05, 0.1) is 19.1 Å². The Hall–Kier alpha value is -4.15. The molecule has 0 aliphatic carbocycles. The van der Waals surface area contributed by atoms with Gasteiger partial charge in [-0.05, 0) is 48.4 Å². The lowest BCUT2D eigenvalue weighted by molar-refractivity contribution is -0.160. The van der Waals surface area contributed by atoms with Crippen LogP contribution in [0.15, 0.2) is 66.7 Å². The molecule has 0 spiro atoms. The molecule has 3 aromatic rings. The molecule has 9 nitrogen and oxygen atoms in total. The third-order valence-electron chi connectivity index (χ3n) is 9.35. The fourth-order valence-corrected chi connectivity index (χ4v) is 6.52. The van der Waals surface area contributed by atoms with E-state index in [1.54, 1.807) is 46.9 Å². The van der Waals surface area contributed by atoms with Crippen molar-refractivity contribution in [2.45, 2.75) is 64.4 Å². The summed E-state index contributed by atoms with van der Waals surface area (Å²) < 4.78 is 14.6. The second-order valence-corrected chi connectivity index (χ2v) is 13.1. The molecule has 2 fully saturated rings. The van der Waals surface area contributed by atoms with Crippen molar-refractivity contribution in [2.24, 2.45) is 5.41 Å². The van der Waals surface area contributed by atoms with Crippen molar-refractivity contribution in [3.63, 3.8) is 0 Å². The van der Waals surface area contributed by atoms with Crippen LogP contribution in [0.5, 0.6) is 0 Å². The van der Waals surface area contributed by atoms with Gasteiger partial charge in [0, 0.05) is 18.4 Å². The van der Waals surface area contributed by atoms with E-state index in [0.29, 0.717) is 11.8 Å². The Balaban J connectivity index is 1.54. The van der Waals surface area contributed by atoms with E-state index in [1.165, 1.54) is 6.07 Å². The van der Waals surface area contributed by atoms with Crippen molar-refractivity contribution >= 4 is 34.8 Å². The number of carbonyl (C=O) groups is 4. The fourth-order valence-electron chi connectivity index (χ4n) is 6.52. The van der Waals surface area contributed by atoms with Gasteiger partial charge in [-0.15, -0.1) is 0 Å². The van der Waals surface area contributed by atoms with Gasteiger partial charge >= 0.3 is 0 Å². The molecule has 3 aromatic carbocycles. The number of carbonyl (C=O) groups excluding carboxylic acids is 4. The van der Waals surface area contributed by atoms with Crippen LogP contribution in [-0.4, -0.2) is 89.3 Å². The minimum Gasteiger partial charge on any atom is -0.337 e. The molecule has 4 atom stereocenters. The van der Waals surface area contributed by atoms with Crippen LogP contribution in [0, 0.1) is 11.2 Å². The molecule has 0 bridgehead atoms. The van der Waals surface area contributed by atoms with Gasteiger partial charge in [-0.2, -0.15) is 0 Å². The number of rotatable bonds is 10. The van der Waals surface area contributed by atoms with Gasteiger partial charge < -0.3 is 20.4 Å². The Kier molecular flexibility index (Phi) is 9.09. The number of halogens is 1. The number of hydrogen-bond acceptors (Lipinski definition) is 6. The highest BCUT2D eigenvalue weighted by atomic mass is 19.1.